The van der Waals surface area contributed by atoms with E-state index in [-0.39, 0.29) is 5.82 Å². The summed E-state index contributed by atoms with van der Waals surface area (Å²) in [5.74, 6) is -0.247. The molecule has 2 aromatic rings. The summed E-state index contributed by atoms with van der Waals surface area (Å²) < 4.78 is 13.5. The molecule has 0 aliphatic rings. The van der Waals surface area contributed by atoms with Crippen LogP contribution in [0.5, 0.6) is 0 Å². The van der Waals surface area contributed by atoms with Crippen molar-refractivity contribution in [2.75, 3.05) is 18.5 Å². The van der Waals surface area contributed by atoms with Gasteiger partial charge in [0, 0.05) is 18.8 Å². The molecular weight excluding hydrogens is 275 g/mol. The van der Waals surface area contributed by atoms with Crippen LogP contribution in [0.1, 0.15) is 12.5 Å². The summed E-state index contributed by atoms with van der Waals surface area (Å²) in [4.78, 5) is 2.03. The molecule has 0 aliphatic carbocycles. The van der Waals surface area contributed by atoms with Crippen molar-refractivity contribution in [3.63, 3.8) is 0 Å². The Morgan fingerprint density at radius 2 is 1.95 bits per heavy atom. The van der Waals surface area contributed by atoms with Crippen LogP contribution in [0.25, 0.3) is 0 Å². The second-order valence-corrected chi connectivity index (χ2v) is 4.91. The van der Waals surface area contributed by atoms with Gasteiger partial charge in [-0.25, -0.2) is 4.39 Å². The molecule has 0 amide bonds. The summed E-state index contributed by atoms with van der Waals surface area (Å²) in [5.41, 5.74) is 2.82. The third-order valence-electron chi connectivity index (χ3n) is 3.14. The molecule has 0 fully saturated rings. The van der Waals surface area contributed by atoms with Gasteiger partial charge in [-0.1, -0.05) is 29.8 Å². The minimum Gasteiger partial charge on any atom is -0.340 e. The van der Waals surface area contributed by atoms with Crippen LogP contribution in [0.15, 0.2) is 42.5 Å². The lowest BCUT2D eigenvalue weighted by Gasteiger charge is -2.27. The zero-order chi connectivity index (χ0) is 14.5. The summed E-state index contributed by atoms with van der Waals surface area (Å²) in [6.45, 7) is 3.45. The van der Waals surface area contributed by atoms with Crippen molar-refractivity contribution < 1.29 is 4.39 Å². The molecule has 0 saturated heterocycles. The summed E-state index contributed by atoms with van der Waals surface area (Å²) in [6, 6.07) is 12.4. The summed E-state index contributed by atoms with van der Waals surface area (Å²) in [6.07, 6.45) is 0. The Balaban J connectivity index is 2.51. The van der Waals surface area contributed by atoms with Crippen molar-refractivity contribution in [3.05, 3.63) is 58.9 Å². The van der Waals surface area contributed by atoms with Gasteiger partial charge in [0.05, 0.1) is 10.7 Å². The van der Waals surface area contributed by atoms with E-state index >= 15 is 0 Å². The highest BCUT2D eigenvalue weighted by atomic mass is 35.5. The van der Waals surface area contributed by atoms with E-state index in [1.165, 1.54) is 12.1 Å². The molecule has 20 heavy (non-hydrogen) atoms. The molecule has 0 heterocycles. The average Bonchev–Trinajstić information content (AvgIpc) is 2.43. The molecule has 2 aromatic carbocycles. The van der Waals surface area contributed by atoms with Crippen LogP contribution in [0, 0.1) is 5.82 Å². The normalized spacial score (nSPS) is 10.6. The summed E-state index contributed by atoms with van der Waals surface area (Å²) in [7, 11) is 1.89. The highest BCUT2D eigenvalue weighted by molar-refractivity contribution is 6.33. The molecule has 0 saturated carbocycles. The summed E-state index contributed by atoms with van der Waals surface area (Å²) >= 11 is 6.37. The van der Waals surface area contributed by atoms with E-state index in [2.05, 4.69) is 5.32 Å². The third kappa shape index (κ3) is 3.11. The summed E-state index contributed by atoms with van der Waals surface area (Å²) in [5, 5.41) is 3.80. The van der Waals surface area contributed by atoms with Crippen molar-refractivity contribution in [3.8, 4) is 0 Å². The van der Waals surface area contributed by atoms with Gasteiger partial charge >= 0.3 is 0 Å². The van der Waals surface area contributed by atoms with Crippen LogP contribution in [0.3, 0.4) is 0 Å². The van der Waals surface area contributed by atoms with Crippen molar-refractivity contribution in [1.29, 1.82) is 0 Å². The zero-order valence-electron chi connectivity index (χ0n) is 11.7. The van der Waals surface area contributed by atoms with Gasteiger partial charge in [-0.3, -0.25) is 0 Å². The smallest absolute Gasteiger partial charge is 0.125 e. The van der Waals surface area contributed by atoms with E-state index in [1.54, 1.807) is 6.07 Å². The van der Waals surface area contributed by atoms with Gasteiger partial charge in [-0.15, -0.1) is 0 Å². The fourth-order valence-electron chi connectivity index (χ4n) is 2.31. The van der Waals surface area contributed by atoms with Crippen LogP contribution in [0.4, 0.5) is 15.8 Å². The van der Waals surface area contributed by atoms with Crippen LogP contribution in [-0.2, 0) is 6.54 Å². The van der Waals surface area contributed by atoms with Gasteiger partial charge in [-0.05, 0) is 43.8 Å². The van der Waals surface area contributed by atoms with Crippen molar-refractivity contribution in [1.82, 2.24) is 5.32 Å². The van der Waals surface area contributed by atoms with Crippen molar-refractivity contribution in [2.24, 2.45) is 0 Å². The number of nitrogens with one attached hydrogen (secondary N) is 1. The molecule has 2 nitrogen and oxygen atoms in total. The zero-order valence-corrected chi connectivity index (χ0v) is 12.4. The number of nitrogens with zero attached hydrogens (tertiary/aromatic N) is 1. The molecular formula is C16H18ClFN2. The van der Waals surface area contributed by atoms with E-state index in [4.69, 9.17) is 11.6 Å². The molecule has 2 rings (SSSR count). The molecule has 0 spiro atoms. The lowest BCUT2D eigenvalue weighted by molar-refractivity contribution is 0.627. The van der Waals surface area contributed by atoms with Gasteiger partial charge in [0.15, 0.2) is 0 Å². The largest absolute Gasteiger partial charge is 0.340 e. The van der Waals surface area contributed by atoms with E-state index in [0.29, 0.717) is 18.1 Å². The van der Waals surface area contributed by atoms with Gasteiger partial charge in [-0.2, -0.15) is 0 Å². The maximum absolute atomic E-state index is 13.5. The second-order valence-electron chi connectivity index (χ2n) is 4.50. The Bertz CT molecular complexity index is 586. The molecule has 106 valence electrons. The number of rotatable bonds is 5. The SMILES string of the molecule is CCN(c1cccc(F)c1)c1c(Cl)cccc1CNC. The first-order valence-corrected chi connectivity index (χ1v) is 7.00. The van der Waals surface area contributed by atoms with Crippen LogP contribution in [0.2, 0.25) is 5.02 Å². The third-order valence-corrected chi connectivity index (χ3v) is 3.45. The standard InChI is InChI=1S/C16H18ClFN2/c1-3-20(14-8-5-7-13(18)10-14)16-12(11-19-2)6-4-9-15(16)17/h4-10,19H,3,11H2,1-2H3. The lowest BCUT2D eigenvalue weighted by Crippen LogP contribution is -2.20. The molecule has 4 heteroatoms. The van der Waals surface area contributed by atoms with E-state index < -0.39 is 0 Å². The molecule has 0 radical (unpaired) electrons. The Labute approximate surface area is 124 Å². The molecule has 0 aromatic heterocycles. The Hall–Kier alpha value is -1.58. The van der Waals surface area contributed by atoms with Gasteiger partial charge < -0.3 is 10.2 Å². The van der Waals surface area contributed by atoms with Gasteiger partial charge in [0.1, 0.15) is 5.82 Å². The molecule has 0 bridgehead atoms. The Morgan fingerprint density at radius 3 is 2.60 bits per heavy atom. The van der Waals surface area contributed by atoms with E-state index in [0.717, 1.165) is 16.9 Å². The maximum atomic E-state index is 13.5. The Kier molecular flexibility index (Phi) is 4.99. The minimum atomic E-state index is -0.247. The number of halogens is 2. The molecule has 1 N–H and O–H groups in total. The topological polar surface area (TPSA) is 15.3 Å². The van der Waals surface area contributed by atoms with E-state index in [9.17, 15) is 4.39 Å². The minimum absolute atomic E-state index is 0.247. The molecule has 0 unspecified atom stereocenters. The first-order valence-electron chi connectivity index (χ1n) is 6.62. The van der Waals surface area contributed by atoms with Crippen LogP contribution >= 0.6 is 11.6 Å². The first-order chi connectivity index (χ1) is 9.67. The number of hydrogen-bond acceptors (Lipinski definition) is 2. The molecule has 0 aliphatic heterocycles. The monoisotopic (exact) mass is 292 g/mol. The maximum Gasteiger partial charge on any atom is 0.125 e. The fourth-order valence-corrected chi connectivity index (χ4v) is 2.61. The van der Waals surface area contributed by atoms with Gasteiger partial charge in [0.25, 0.3) is 0 Å². The number of benzene rings is 2. The fraction of sp³-hybridized carbons (Fsp3) is 0.250. The predicted molar refractivity (Wildman–Crippen MR) is 83.3 cm³/mol. The quantitative estimate of drug-likeness (QED) is 0.881. The highest BCUT2D eigenvalue weighted by Crippen LogP contribution is 2.35. The molecule has 0 atom stereocenters. The van der Waals surface area contributed by atoms with Crippen molar-refractivity contribution >= 4 is 23.0 Å². The number of para-hydroxylation sites is 1. The van der Waals surface area contributed by atoms with Gasteiger partial charge in [0.2, 0.25) is 0 Å². The highest BCUT2D eigenvalue weighted by Gasteiger charge is 2.15. The van der Waals surface area contributed by atoms with Crippen molar-refractivity contribution in [2.45, 2.75) is 13.5 Å². The lowest BCUT2D eigenvalue weighted by atomic mass is 10.1. The van der Waals surface area contributed by atoms with E-state index in [1.807, 2.05) is 43.1 Å². The average molecular weight is 293 g/mol. The van der Waals surface area contributed by atoms with Crippen LogP contribution in [-0.4, -0.2) is 13.6 Å². The Morgan fingerprint density at radius 1 is 1.20 bits per heavy atom. The first kappa shape index (κ1) is 14.8. The second kappa shape index (κ2) is 6.73. The number of hydrogen-bond donors (Lipinski definition) is 1. The predicted octanol–water partition coefficient (Wildman–Crippen LogP) is 4.36. The van der Waals surface area contributed by atoms with Crippen LogP contribution < -0.4 is 10.2 Å². The number of anilines is 2.